The first-order valence-electron chi connectivity index (χ1n) is 3.53. The molecule has 2 aliphatic rings. The maximum atomic E-state index is 3.81. The highest BCUT2D eigenvalue weighted by molar-refractivity contribution is 5.54. The van der Waals surface area contributed by atoms with Crippen molar-refractivity contribution in [2.24, 2.45) is 5.10 Å². The third-order valence-electron chi connectivity index (χ3n) is 1.77. The van der Waals surface area contributed by atoms with Crippen LogP contribution in [0.15, 0.2) is 5.10 Å². The van der Waals surface area contributed by atoms with Gasteiger partial charge in [0.2, 0.25) is 0 Å². The van der Waals surface area contributed by atoms with E-state index in [2.05, 4.69) is 21.4 Å². The monoisotopic (exact) mass is 141 g/mol. The van der Waals surface area contributed by atoms with Gasteiger partial charge in [-0.15, -0.1) is 5.12 Å². The van der Waals surface area contributed by atoms with Gasteiger partial charge in [0.25, 0.3) is 0 Å². The Bertz CT molecular complexity index is 131. The van der Waals surface area contributed by atoms with Gasteiger partial charge in [-0.25, -0.2) is 5.53 Å². The molecule has 2 heterocycles. The standard InChI is InChI=1S/C5H11N5/c1-2-5(6-3-1)10-8-4-7-9-10/h4-6,9H,1-3H2,(H,7,8). The van der Waals surface area contributed by atoms with Gasteiger partial charge in [-0.3, -0.25) is 10.7 Å². The van der Waals surface area contributed by atoms with E-state index in [1.54, 1.807) is 6.34 Å². The van der Waals surface area contributed by atoms with Crippen LogP contribution in [-0.4, -0.2) is 24.2 Å². The Morgan fingerprint density at radius 3 is 3.20 bits per heavy atom. The number of nitrogens with zero attached hydrogens (tertiary/aromatic N) is 2. The Kier molecular flexibility index (Phi) is 1.44. The summed E-state index contributed by atoms with van der Waals surface area (Å²) in [4.78, 5) is 0. The zero-order valence-electron chi connectivity index (χ0n) is 5.67. The SMILES string of the molecule is C1=NNN(C2CCCN2)N1. The van der Waals surface area contributed by atoms with Crippen molar-refractivity contribution >= 4 is 6.34 Å². The van der Waals surface area contributed by atoms with Crippen molar-refractivity contribution in [3.8, 4) is 0 Å². The summed E-state index contributed by atoms with van der Waals surface area (Å²) in [5, 5.41) is 9.00. The molecule has 3 N–H and O–H groups in total. The van der Waals surface area contributed by atoms with Crippen molar-refractivity contribution in [2.45, 2.75) is 19.0 Å². The topological polar surface area (TPSA) is 51.7 Å². The second-order valence-electron chi connectivity index (χ2n) is 2.47. The minimum atomic E-state index is 0.391. The van der Waals surface area contributed by atoms with E-state index in [4.69, 9.17) is 0 Å². The minimum Gasteiger partial charge on any atom is -0.299 e. The first-order chi connectivity index (χ1) is 4.97. The molecule has 0 bridgehead atoms. The van der Waals surface area contributed by atoms with Crippen LogP contribution in [0, 0.1) is 0 Å². The maximum absolute atomic E-state index is 3.81. The summed E-state index contributed by atoms with van der Waals surface area (Å²) in [6.07, 6.45) is 4.44. The molecular formula is C5H11N5. The van der Waals surface area contributed by atoms with Crippen LogP contribution < -0.4 is 16.3 Å². The maximum Gasteiger partial charge on any atom is 0.126 e. The summed E-state index contributed by atoms with van der Waals surface area (Å²) in [6, 6.07) is 0. The fraction of sp³-hybridized carbons (Fsp3) is 0.800. The third-order valence-corrected chi connectivity index (χ3v) is 1.77. The van der Waals surface area contributed by atoms with E-state index in [9.17, 15) is 0 Å². The Balaban J connectivity index is 1.87. The zero-order valence-corrected chi connectivity index (χ0v) is 5.67. The van der Waals surface area contributed by atoms with E-state index in [1.165, 1.54) is 12.8 Å². The lowest BCUT2D eigenvalue weighted by atomic mass is 10.3. The van der Waals surface area contributed by atoms with Gasteiger partial charge in [-0.2, -0.15) is 5.10 Å². The summed E-state index contributed by atoms with van der Waals surface area (Å²) in [6.45, 7) is 1.10. The highest BCUT2D eigenvalue weighted by Crippen LogP contribution is 2.06. The molecule has 0 saturated carbocycles. The van der Waals surface area contributed by atoms with Crippen molar-refractivity contribution in [2.75, 3.05) is 6.54 Å². The lowest BCUT2D eigenvalue weighted by Crippen LogP contribution is -2.51. The first kappa shape index (κ1) is 5.94. The van der Waals surface area contributed by atoms with Crippen LogP contribution in [0.25, 0.3) is 0 Å². The molecule has 1 unspecified atom stereocenters. The van der Waals surface area contributed by atoms with Crippen LogP contribution >= 0.6 is 0 Å². The number of rotatable bonds is 1. The highest BCUT2D eigenvalue weighted by atomic mass is 15.9. The van der Waals surface area contributed by atoms with Crippen LogP contribution in [0.5, 0.6) is 0 Å². The lowest BCUT2D eigenvalue weighted by Gasteiger charge is -2.21. The molecule has 0 aromatic heterocycles. The number of hydrazine groups is 2. The third kappa shape index (κ3) is 0.932. The summed E-state index contributed by atoms with van der Waals surface area (Å²) < 4.78 is 0. The van der Waals surface area contributed by atoms with Crippen LogP contribution in [0.2, 0.25) is 0 Å². The Morgan fingerprint density at radius 2 is 2.60 bits per heavy atom. The number of hydrogen-bond acceptors (Lipinski definition) is 5. The average Bonchev–Trinajstić information content (AvgIpc) is 2.59. The Labute approximate surface area is 59.4 Å². The van der Waals surface area contributed by atoms with E-state index in [0.29, 0.717) is 6.17 Å². The molecule has 5 nitrogen and oxygen atoms in total. The van der Waals surface area contributed by atoms with E-state index in [-0.39, 0.29) is 0 Å². The van der Waals surface area contributed by atoms with Gasteiger partial charge in [0.05, 0.1) is 0 Å². The van der Waals surface area contributed by atoms with Gasteiger partial charge in [0, 0.05) is 0 Å². The fourth-order valence-corrected chi connectivity index (χ4v) is 1.26. The van der Waals surface area contributed by atoms with Crippen LogP contribution in [0.4, 0.5) is 0 Å². The van der Waals surface area contributed by atoms with Crippen LogP contribution in [0.1, 0.15) is 12.8 Å². The molecule has 10 heavy (non-hydrogen) atoms. The predicted molar refractivity (Wildman–Crippen MR) is 37.6 cm³/mol. The normalized spacial score (nSPS) is 32.2. The second-order valence-corrected chi connectivity index (χ2v) is 2.47. The molecule has 56 valence electrons. The summed E-state index contributed by atoms with van der Waals surface area (Å²) in [7, 11) is 0. The highest BCUT2D eigenvalue weighted by Gasteiger charge is 2.22. The Hall–Kier alpha value is -0.810. The van der Waals surface area contributed by atoms with Crippen molar-refractivity contribution in [3.63, 3.8) is 0 Å². The van der Waals surface area contributed by atoms with Gasteiger partial charge < -0.3 is 0 Å². The fourth-order valence-electron chi connectivity index (χ4n) is 1.26. The van der Waals surface area contributed by atoms with Gasteiger partial charge in [0.1, 0.15) is 12.5 Å². The second kappa shape index (κ2) is 2.43. The van der Waals surface area contributed by atoms with Gasteiger partial charge in [-0.1, -0.05) is 0 Å². The van der Waals surface area contributed by atoms with E-state index < -0.39 is 0 Å². The van der Waals surface area contributed by atoms with Crippen LogP contribution in [-0.2, 0) is 0 Å². The predicted octanol–water partition coefficient (Wildman–Crippen LogP) is -1.04. The molecule has 1 fully saturated rings. The molecule has 0 aromatic rings. The first-order valence-corrected chi connectivity index (χ1v) is 3.53. The summed E-state index contributed by atoms with van der Waals surface area (Å²) in [5.74, 6) is 0. The molecule has 0 radical (unpaired) electrons. The van der Waals surface area contributed by atoms with Crippen molar-refractivity contribution < 1.29 is 0 Å². The Morgan fingerprint density at radius 1 is 1.60 bits per heavy atom. The smallest absolute Gasteiger partial charge is 0.126 e. The average molecular weight is 141 g/mol. The number of hydrogen-bond donors (Lipinski definition) is 3. The zero-order chi connectivity index (χ0) is 6.81. The molecule has 0 aromatic carbocycles. The number of nitrogens with one attached hydrogen (secondary N) is 3. The quantitative estimate of drug-likeness (QED) is 0.437. The van der Waals surface area contributed by atoms with Gasteiger partial charge in [-0.05, 0) is 19.4 Å². The van der Waals surface area contributed by atoms with Gasteiger partial charge in [0.15, 0.2) is 0 Å². The van der Waals surface area contributed by atoms with Crippen LogP contribution in [0.3, 0.4) is 0 Å². The van der Waals surface area contributed by atoms with Gasteiger partial charge >= 0.3 is 0 Å². The van der Waals surface area contributed by atoms with Crippen molar-refractivity contribution in [3.05, 3.63) is 0 Å². The van der Waals surface area contributed by atoms with Crippen molar-refractivity contribution in [1.82, 2.24) is 21.4 Å². The van der Waals surface area contributed by atoms with E-state index in [0.717, 1.165) is 6.54 Å². The minimum absolute atomic E-state index is 0.391. The molecule has 2 rings (SSSR count). The molecular weight excluding hydrogens is 130 g/mol. The molecule has 0 aliphatic carbocycles. The largest absolute Gasteiger partial charge is 0.299 e. The molecule has 0 amide bonds. The number of hydrazone groups is 1. The lowest BCUT2D eigenvalue weighted by molar-refractivity contribution is 0.102. The summed E-state index contributed by atoms with van der Waals surface area (Å²) in [5.41, 5.74) is 5.79. The molecule has 1 atom stereocenters. The van der Waals surface area contributed by atoms with E-state index >= 15 is 0 Å². The molecule has 5 heteroatoms. The summed E-state index contributed by atoms with van der Waals surface area (Å²) >= 11 is 0. The van der Waals surface area contributed by atoms with E-state index in [1.807, 2.05) is 5.12 Å². The molecule has 1 saturated heterocycles. The molecule has 0 spiro atoms. The van der Waals surface area contributed by atoms with Crippen molar-refractivity contribution in [1.29, 1.82) is 0 Å². The molecule has 2 aliphatic heterocycles.